The second kappa shape index (κ2) is 9.50. The van der Waals surface area contributed by atoms with Crippen molar-refractivity contribution in [1.29, 1.82) is 5.26 Å². The van der Waals surface area contributed by atoms with Crippen LogP contribution in [0.2, 0.25) is 0 Å². The molecule has 0 unspecified atom stereocenters. The molecule has 0 heterocycles. The first-order valence-corrected chi connectivity index (χ1v) is 10.2. The number of rotatable bonds is 6. The standard InChI is InChI=1S/C27H21N3O2/c28-17-21(27(32)30-24-15-7-14-23-22(24)13-8-16-25(23)31)18-29-26(19-9-3-1-4-10-19)20-11-5-2-6-12-20/h1-16,18,26,29,31H,(H,30,32)/b21-18-. The number of phenols is 1. The molecule has 4 rings (SSSR count). The second-order valence-electron chi connectivity index (χ2n) is 7.22. The van der Waals surface area contributed by atoms with Gasteiger partial charge in [-0.25, -0.2) is 0 Å². The monoisotopic (exact) mass is 419 g/mol. The topological polar surface area (TPSA) is 85.2 Å². The molecule has 3 N–H and O–H groups in total. The van der Waals surface area contributed by atoms with Crippen molar-refractivity contribution in [2.45, 2.75) is 6.04 Å². The van der Waals surface area contributed by atoms with Gasteiger partial charge in [-0.15, -0.1) is 0 Å². The number of nitriles is 1. The number of hydrogen-bond acceptors (Lipinski definition) is 4. The lowest BCUT2D eigenvalue weighted by atomic mass is 9.99. The van der Waals surface area contributed by atoms with E-state index in [9.17, 15) is 15.2 Å². The molecule has 0 aliphatic rings. The first-order chi connectivity index (χ1) is 15.7. The van der Waals surface area contributed by atoms with Gasteiger partial charge in [0.05, 0.1) is 6.04 Å². The summed E-state index contributed by atoms with van der Waals surface area (Å²) in [6.45, 7) is 0. The molecular formula is C27H21N3O2. The Morgan fingerprint density at radius 3 is 2.03 bits per heavy atom. The van der Waals surface area contributed by atoms with Crippen LogP contribution in [0.25, 0.3) is 10.8 Å². The second-order valence-corrected chi connectivity index (χ2v) is 7.22. The third-order valence-corrected chi connectivity index (χ3v) is 5.17. The van der Waals surface area contributed by atoms with Crippen LogP contribution in [-0.2, 0) is 4.79 Å². The van der Waals surface area contributed by atoms with Crippen LogP contribution in [-0.4, -0.2) is 11.0 Å². The van der Waals surface area contributed by atoms with Crippen molar-refractivity contribution >= 4 is 22.4 Å². The van der Waals surface area contributed by atoms with E-state index >= 15 is 0 Å². The molecule has 0 aliphatic heterocycles. The van der Waals surface area contributed by atoms with E-state index in [0.29, 0.717) is 16.5 Å². The van der Waals surface area contributed by atoms with Gasteiger partial charge >= 0.3 is 0 Å². The van der Waals surface area contributed by atoms with E-state index in [1.54, 1.807) is 36.4 Å². The lowest BCUT2D eigenvalue weighted by molar-refractivity contribution is -0.112. The van der Waals surface area contributed by atoms with Crippen LogP contribution in [0.5, 0.6) is 5.75 Å². The van der Waals surface area contributed by atoms with Gasteiger partial charge in [-0.2, -0.15) is 5.26 Å². The zero-order valence-electron chi connectivity index (χ0n) is 17.2. The number of fused-ring (bicyclic) bond motifs is 1. The highest BCUT2D eigenvalue weighted by Gasteiger charge is 2.15. The molecule has 5 nitrogen and oxygen atoms in total. The molecule has 32 heavy (non-hydrogen) atoms. The predicted octanol–water partition coefficient (Wildman–Crippen LogP) is 5.27. The van der Waals surface area contributed by atoms with Crippen LogP contribution in [0.1, 0.15) is 17.2 Å². The van der Waals surface area contributed by atoms with E-state index in [2.05, 4.69) is 10.6 Å². The van der Waals surface area contributed by atoms with Gasteiger partial charge in [0, 0.05) is 22.7 Å². The lowest BCUT2D eigenvalue weighted by Crippen LogP contribution is -2.21. The number of phenolic OH excluding ortho intramolecular Hbond substituents is 1. The van der Waals surface area contributed by atoms with E-state index in [1.165, 1.54) is 6.20 Å². The minimum atomic E-state index is -0.532. The van der Waals surface area contributed by atoms with Crippen LogP contribution in [0.15, 0.2) is 109 Å². The molecule has 0 radical (unpaired) electrons. The molecule has 4 aromatic rings. The van der Waals surface area contributed by atoms with Gasteiger partial charge in [-0.3, -0.25) is 4.79 Å². The highest BCUT2D eigenvalue weighted by Crippen LogP contribution is 2.30. The first-order valence-electron chi connectivity index (χ1n) is 10.2. The molecular weight excluding hydrogens is 398 g/mol. The molecule has 0 atom stereocenters. The van der Waals surface area contributed by atoms with Gasteiger partial charge in [-0.1, -0.05) is 84.9 Å². The Labute approximate surface area is 186 Å². The Morgan fingerprint density at radius 2 is 1.41 bits per heavy atom. The maximum Gasteiger partial charge on any atom is 0.267 e. The maximum absolute atomic E-state index is 12.9. The number of anilines is 1. The number of nitrogens with one attached hydrogen (secondary N) is 2. The third-order valence-electron chi connectivity index (χ3n) is 5.17. The van der Waals surface area contributed by atoms with Crippen molar-refractivity contribution < 1.29 is 9.90 Å². The van der Waals surface area contributed by atoms with E-state index in [1.807, 2.05) is 66.7 Å². The van der Waals surface area contributed by atoms with Crippen molar-refractivity contribution in [3.63, 3.8) is 0 Å². The Hall–Kier alpha value is -4.56. The van der Waals surface area contributed by atoms with Gasteiger partial charge in [-0.05, 0) is 23.3 Å². The van der Waals surface area contributed by atoms with Gasteiger partial charge in [0.25, 0.3) is 5.91 Å². The molecule has 0 aliphatic carbocycles. The SMILES string of the molecule is N#C/C(=C/NC(c1ccccc1)c1ccccc1)C(=O)Nc1cccc2c(O)cccc12. The van der Waals surface area contributed by atoms with Crippen LogP contribution >= 0.6 is 0 Å². The Kier molecular flexibility index (Phi) is 6.15. The molecule has 0 aromatic heterocycles. The Bertz CT molecular complexity index is 1270. The molecule has 0 fully saturated rings. The Morgan fingerprint density at radius 1 is 0.812 bits per heavy atom. The van der Waals surface area contributed by atoms with Crippen molar-refractivity contribution in [3.05, 3.63) is 120 Å². The number of aromatic hydroxyl groups is 1. The molecule has 0 saturated carbocycles. The quantitative estimate of drug-likeness (QED) is 0.294. The van der Waals surface area contributed by atoms with Gasteiger partial charge in [0.2, 0.25) is 0 Å². The van der Waals surface area contributed by atoms with Gasteiger partial charge < -0.3 is 15.7 Å². The molecule has 0 spiro atoms. The zero-order valence-corrected chi connectivity index (χ0v) is 17.2. The summed E-state index contributed by atoms with van der Waals surface area (Å²) in [4.78, 5) is 12.9. The number of nitrogens with zero attached hydrogens (tertiary/aromatic N) is 1. The lowest BCUT2D eigenvalue weighted by Gasteiger charge is -2.19. The van der Waals surface area contributed by atoms with Crippen LogP contribution in [0.4, 0.5) is 5.69 Å². The zero-order chi connectivity index (χ0) is 22.3. The summed E-state index contributed by atoms with van der Waals surface area (Å²) in [6, 6.07) is 31.8. The number of carbonyl (C=O) groups excluding carboxylic acids is 1. The summed E-state index contributed by atoms with van der Waals surface area (Å²) >= 11 is 0. The minimum absolute atomic E-state index is 0.0565. The maximum atomic E-state index is 12.9. The fraction of sp³-hybridized carbons (Fsp3) is 0.0370. The van der Waals surface area contributed by atoms with Crippen molar-refractivity contribution in [3.8, 4) is 11.8 Å². The normalized spacial score (nSPS) is 11.2. The largest absolute Gasteiger partial charge is 0.507 e. The molecule has 156 valence electrons. The molecule has 0 saturated heterocycles. The van der Waals surface area contributed by atoms with E-state index in [0.717, 1.165) is 11.1 Å². The van der Waals surface area contributed by atoms with Gasteiger partial charge in [0.1, 0.15) is 17.4 Å². The molecule has 4 aromatic carbocycles. The van der Waals surface area contributed by atoms with E-state index < -0.39 is 5.91 Å². The summed E-state index contributed by atoms with van der Waals surface area (Å²) < 4.78 is 0. The summed E-state index contributed by atoms with van der Waals surface area (Å²) in [5.74, 6) is -0.402. The summed E-state index contributed by atoms with van der Waals surface area (Å²) in [6.07, 6.45) is 1.45. The Balaban J connectivity index is 1.60. The number of amides is 1. The van der Waals surface area contributed by atoms with Crippen molar-refractivity contribution in [2.75, 3.05) is 5.32 Å². The van der Waals surface area contributed by atoms with Crippen LogP contribution < -0.4 is 10.6 Å². The highest BCUT2D eigenvalue weighted by atomic mass is 16.3. The number of benzene rings is 4. The fourth-order valence-electron chi connectivity index (χ4n) is 3.58. The minimum Gasteiger partial charge on any atom is -0.507 e. The average molecular weight is 419 g/mol. The summed E-state index contributed by atoms with van der Waals surface area (Å²) in [7, 11) is 0. The molecule has 1 amide bonds. The average Bonchev–Trinajstić information content (AvgIpc) is 2.84. The number of carbonyl (C=O) groups is 1. The molecule has 5 heteroatoms. The van der Waals surface area contributed by atoms with Crippen molar-refractivity contribution in [2.24, 2.45) is 0 Å². The highest BCUT2D eigenvalue weighted by molar-refractivity contribution is 6.11. The third kappa shape index (κ3) is 4.45. The van der Waals surface area contributed by atoms with Crippen molar-refractivity contribution in [1.82, 2.24) is 5.32 Å². The number of hydrogen-bond donors (Lipinski definition) is 3. The van der Waals surface area contributed by atoms with Crippen LogP contribution in [0.3, 0.4) is 0 Å². The van der Waals surface area contributed by atoms with E-state index in [-0.39, 0.29) is 17.4 Å². The summed E-state index contributed by atoms with van der Waals surface area (Å²) in [5.41, 5.74) is 2.49. The van der Waals surface area contributed by atoms with Crippen LogP contribution in [0, 0.1) is 11.3 Å². The smallest absolute Gasteiger partial charge is 0.267 e. The summed E-state index contributed by atoms with van der Waals surface area (Å²) in [5, 5.41) is 27.0. The molecule has 0 bridgehead atoms. The predicted molar refractivity (Wildman–Crippen MR) is 126 cm³/mol. The van der Waals surface area contributed by atoms with Gasteiger partial charge in [0.15, 0.2) is 0 Å². The first kappa shape index (κ1) is 20.7. The van der Waals surface area contributed by atoms with E-state index in [4.69, 9.17) is 0 Å². The fourth-order valence-corrected chi connectivity index (χ4v) is 3.58.